The highest BCUT2D eigenvalue weighted by molar-refractivity contribution is 6.08. The van der Waals surface area contributed by atoms with E-state index in [-0.39, 0.29) is 5.91 Å². The van der Waals surface area contributed by atoms with E-state index in [9.17, 15) is 4.79 Å². The molecule has 2 heterocycles. The minimum atomic E-state index is -0.236. The number of carbonyl (C=O) groups is 1. The molecule has 0 aliphatic heterocycles. The van der Waals surface area contributed by atoms with Gasteiger partial charge in [-0.05, 0) is 31.2 Å². The molecule has 0 unspecified atom stereocenters. The minimum Gasteiger partial charge on any atom is -0.492 e. The zero-order valence-electron chi connectivity index (χ0n) is 13.2. The molecule has 0 aliphatic carbocycles. The van der Waals surface area contributed by atoms with Crippen LogP contribution < -0.4 is 10.1 Å². The van der Waals surface area contributed by atoms with Gasteiger partial charge >= 0.3 is 0 Å². The van der Waals surface area contributed by atoms with Gasteiger partial charge in [-0.3, -0.25) is 4.79 Å². The molecule has 0 saturated carbocycles. The number of ether oxygens (including phenoxy) is 1. The topological polar surface area (TPSA) is 55.6 Å². The van der Waals surface area contributed by atoms with Gasteiger partial charge in [-0.15, -0.1) is 0 Å². The van der Waals surface area contributed by atoms with Crippen LogP contribution in [0.1, 0.15) is 30.2 Å². The summed E-state index contributed by atoms with van der Waals surface area (Å²) in [6, 6.07) is 13.1. The molecule has 2 aromatic heterocycles. The Kier molecular flexibility index (Phi) is 4.28. The van der Waals surface area contributed by atoms with Gasteiger partial charge in [0.1, 0.15) is 11.6 Å². The van der Waals surface area contributed by atoms with Gasteiger partial charge < -0.3 is 14.5 Å². The number of benzene rings is 1. The quantitative estimate of drug-likeness (QED) is 0.784. The molecule has 1 N–H and O–H groups in total. The van der Waals surface area contributed by atoms with Crippen molar-refractivity contribution in [2.24, 2.45) is 0 Å². The minimum absolute atomic E-state index is 0.236. The number of nitrogens with one attached hydrogen (secondary N) is 1. The maximum atomic E-state index is 12.7. The van der Waals surface area contributed by atoms with E-state index in [1.54, 1.807) is 0 Å². The van der Waals surface area contributed by atoms with Crippen LogP contribution in [0.5, 0.6) is 5.75 Å². The van der Waals surface area contributed by atoms with E-state index in [1.807, 2.05) is 66.9 Å². The van der Waals surface area contributed by atoms with E-state index in [0.29, 0.717) is 23.7 Å². The number of hydrogen-bond donors (Lipinski definition) is 1. The number of aromatic nitrogens is 2. The van der Waals surface area contributed by atoms with E-state index in [4.69, 9.17) is 4.74 Å². The summed E-state index contributed by atoms with van der Waals surface area (Å²) in [5.41, 5.74) is 1.87. The fourth-order valence-corrected chi connectivity index (χ4v) is 2.55. The van der Waals surface area contributed by atoms with Crippen molar-refractivity contribution in [2.75, 3.05) is 11.9 Å². The molecule has 0 radical (unpaired) electrons. The highest BCUT2D eigenvalue weighted by atomic mass is 16.5. The predicted molar refractivity (Wildman–Crippen MR) is 90.1 cm³/mol. The summed E-state index contributed by atoms with van der Waals surface area (Å²) in [5.74, 6) is 1.28. The summed E-state index contributed by atoms with van der Waals surface area (Å²) in [6.45, 7) is 4.48. The van der Waals surface area contributed by atoms with Crippen molar-refractivity contribution in [2.45, 2.75) is 20.3 Å². The molecular weight excluding hydrogens is 290 g/mol. The molecule has 23 heavy (non-hydrogen) atoms. The van der Waals surface area contributed by atoms with E-state index >= 15 is 0 Å². The van der Waals surface area contributed by atoms with E-state index in [1.165, 1.54) is 0 Å². The second kappa shape index (κ2) is 6.52. The van der Waals surface area contributed by atoms with Crippen LogP contribution in [0.3, 0.4) is 0 Å². The first-order valence-corrected chi connectivity index (χ1v) is 7.73. The molecule has 5 heteroatoms. The van der Waals surface area contributed by atoms with Crippen molar-refractivity contribution < 1.29 is 9.53 Å². The van der Waals surface area contributed by atoms with E-state index in [0.717, 1.165) is 17.8 Å². The zero-order chi connectivity index (χ0) is 16.2. The third-order valence-corrected chi connectivity index (χ3v) is 3.59. The Morgan fingerprint density at radius 3 is 2.74 bits per heavy atom. The van der Waals surface area contributed by atoms with Crippen LogP contribution in [-0.4, -0.2) is 21.9 Å². The number of carbonyl (C=O) groups excluding carboxylic acids is 1. The number of aryl methyl sites for hydroxylation is 1. The van der Waals surface area contributed by atoms with Crippen LogP contribution in [0.2, 0.25) is 0 Å². The Balaban J connectivity index is 1.96. The van der Waals surface area contributed by atoms with Crippen LogP contribution in [0.15, 0.2) is 48.7 Å². The third kappa shape index (κ3) is 2.90. The Morgan fingerprint density at radius 2 is 1.96 bits per heavy atom. The lowest BCUT2D eigenvalue weighted by Crippen LogP contribution is -2.14. The monoisotopic (exact) mass is 309 g/mol. The predicted octanol–water partition coefficient (Wildman–Crippen LogP) is 3.55. The van der Waals surface area contributed by atoms with Crippen LogP contribution in [0.4, 0.5) is 5.69 Å². The summed E-state index contributed by atoms with van der Waals surface area (Å²) in [6.07, 6.45) is 2.68. The number of imidazole rings is 1. The van der Waals surface area contributed by atoms with Crippen LogP contribution in [-0.2, 0) is 6.42 Å². The van der Waals surface area contributed by atoms with Crippen molar-refractivity contribution in [1.29, 1.82) is 0 Å². The SMILES string of the molecule is CCOc1ccccc1NC(=O)c1nc(CC)n2ccccc12. The first kappa shape index (κ1) is 15.1. The van der Waals surface area contributed by atoms with Gasteiger partial charge in [0.15, 0.2) is 5.69 Å². The van der Waals surface area contributed by atoms with E-state index < -0.39 is 0 Å². The highest BCUT2D eigenvalue weighted by Gasteiger charge is 2.17. The van der Waals surface area contributed by atoms with Gasteiger partial charge in [-0.1, -0.05) is 25.1 Å². The Morgan fingerprint density at radius 1 is 1.17 bits per heavy atom. The van der Waals surface area contributed by atoms with Gasteiger partial charge in [-0.2, -0.15) is 0 Å². The molecule has 0 spiro atoms. The van der Waals surface area contributed by atoms with Gasteiger partial charge in [-0.25, -0.2) is 4.98 Å². The smallest absolute Gasteiger partial charge is 0.276 e. The number of amides is 1. The summed E-state index contributed by atoms with van der Waals surface area (Å²) in [4.78, 5) is 17.2. The Bertz CT molecular complexity index is 839. The zero-order valence-corrected chi connectivity index (χ0v) is 13.2. The van der Waals surface area contributed by atoms with Crippen LogP contribution in [0, 0.1) is 0 Å². The van der Waals surface area contributed by atoms with Gasteiger partial charge in [0.2, 0.25) is 0 Å². The van der Waals surface area contributed by atoms with Crippen molar-refractivity contribution in [3.8, 4) is 5.75 Å². The Labute approximate surface area is 134 Å². The van der Waals surface area contributed by atoms with Gasteiger partial charge in [0, 0.05) is 12.6 Å². The first-order chi connectivity index (χ1) is 11.2. The number of pyridine rings is 1. The molecule has 0 bridgehead atoms. The average Bonchev–Trinajstić information content (AvgIpc) is 2.96. The highest BCUT2D eigenvalue weighted by Crippen LogP contribution is 2.25. The van der Waals surface area contributed by atoms with Gasteiger partial charge in [0.05, 0.1) is 17.8 Å². The number of rotatable bonds is 5. The van der Waals surface area contributed by atoms with Crippen LogP contribution >= 0.6 is 0 Å². The second-order valence-corrected chi connectivity index (χ2v) is 5.07. The molecule has 5 nitrogen and oxygen atoms in total. The number of fused-ring (bicyclic) bond motifs is 1. The summed E-state index contributed by atoms with van der Waals surface area (Å²) < 4.78 is 7.50. The molecular formula is C18H19N3O2. The van der Waals surface area contributed by atoms with Crippen molar-refractivity contribution in [1.82, 2.24) is 9.38 Å². The maximum absolute atomic E-state index is 12.7. The number of para-hydroxylation sites is 2. The van der Waals surface area contributed by atoms with Crippen molar-refractivity contribution in [3.63, 3.8) is 0 Å². The van der Waals surface area contributed by atoms with Crippen molar-refractivity contribution >= 4 is 17.1 Å². The molecule has 0 fully saturated rings. The lowest BCUT2D eigenvalue weighted by atomic mass is 10.2. The summed E-state index contributed by atoms with van der Waals surface area (Å²) in [5, 5.41) is 2.90. The molecule has 0 aliphatic rings. The molecule has 3 rings (SSSR count). The molecule has 118 valence electrons. The molecule has 1 aromatic carbocycles. The summed E-state index contributed by atoms with van der Waals surface area (Å²) >= 11 is 0. The lowest BCUT2D eigenvalue weighted by molar-refractivity contribution is 0.102. The number of anilines is 1. The standard InChI is InChI=1S/C18H19N3O2/c1-3-16-20-17(14-10-7-8-12-21(14)16)18(22)19-13-9-5-6-11-15(13)23-4-2/h5-12H,3-4H2,1-2H3,(H,19,22). The molecule has 0 saturated heterocycles. The van der Waals surface area contributed by atoms with Crippen molar-refractivity contribution in [3.05, 3.63) is 60.2 Å². The normalized spacial score (nSPS) is 10.7. The van der Waals surface area contributed by atoms with E-state index in [2.05, 4.69) is 10.3 Å². The molecule has 1 amide bonds. The van der Waals surface area contributed by atoms with Gasteiger partial charge in [0.25, 0.3) is 5.91 Å². The summed E-state index contributed by atoms with van der Waals surface area (Å²) in [7, 11) is 0. The second-order valence-electron chi connectivity index (χ2n) is 5.07. The maximum Gasteiger partial charge on any atom is 0.276 e. The first-order valence-electron chi connectivity index (χ1n) is 7.73. The molecule has 3 aromatic rings. The molecule has 0 atom stereocenters. The Hall–Kier alpha value is -2.82. The fourth-order valence-electron chi connectivity index (χ4n) is 2.55. The largest absolute Gasteiger partial charge is 0.492 e. The lowest BCUT2D eigenvalue weighted by Gasteiger charge is -2.10. The number of hydrogen-bond acceptors (Lipinski definition) is 3. The number of nitrogens with zero attached hydrogens (tertiary/aromatic N) is 2. The fraction of sp³-hybridized carbons (Fsp3) is 0.222. The average molecular weight is 309 g/mol. The third-order valence-electron chi connectivity index (χ3n) is 3.59. The van der Waals surface area contributed by atoms with Crippen LogP contribution in [0.25, 0.3) is 5.52 Å².